The van der Waals surface area contributed by atoms with Crippen LogP contribution in [-0.4, -0.2) is 59.3 Å². The monoisotopic (exact) mass is 472 g/mol. The Bertz CT molecular complexity index is 426. The van der Waals surface area contributed by atoms with Crippen molar-refractivity contribution >= 4 is 11.9 Å². The Morgan fingerprint density at radius 1 is 0.727 bits per heavy atom. The second kappa shape index (κ2) is 27.1. The van der Waals surface area contributed by atoms with Crippen molar-refractivity contribution in [2.45, 2.75) is 137 Å². The van der Waals surface area contributed by atoms with Gasteiger partial charge in [-0.3, -0.25) is 4.79 Å². The second-order valence-electron chi connectivity index (χ2n) is 9.09. The lowest BCUT2D eigenvalue weighted by Crippen LogP contribution is -2.34. The number of aliphatic hydroxyl groups excluding tert-OH is 1. The smallest absolute Gasteiger partial charge is 0.332 e. The molecule has 0 aliphatic heterocycles. The fraction of sp³-hybridized carbons (Fsp3) is 0.926. The lowest BCUT2D eigenvalue weighted by atomic mass is 10.0. The van der Waals surface area contributed by atoms with Gasteiger partial charge in [-0.05, 0) is 26.4 Å². The van der Waals surface area contributed by atoms with E-state index >= 15 is 0 Å². The van der Waals surface area contributed by atoms with Crippen molar-refractivity contribution in [1.82, 2.24) is 10.2 Å². The molecule has 33 heavy (non-hydrogen) atoms. The molecule has 0 aliphatic rings. The summed E-state index contributed by atoms with van der Waals surface area (Å²) in [5.41, 5.74) is 0. The van der Waals surface area contributed by atoms with Gasteiger partial charge in [-0.2, -0.15) is 0 Å². The number of likely N-dealkylation sites (N-methyl/N-ethyl adjacent to an activating group) is 1. The normalized spacial score (nSPS) is 11.7. The Morgan fingerprint density at radius 2 is 1.09 bits per heavy atom. The largest absolute Gasteiger partial charge is 0.479 e. The van der Waals surface area contributed by atoms with E-state index in [1.807, 2.05) is 0 Å². The minimum atomic E-state index is -1.23. The second-order valence-corrected chi connectivity index (χ2v) is 9.09. The first kappa shape index (κ1) is 34.0. The third kappa shape index (κ3) is 28.8. The summed E-state index contributed by atoms with van der Waals surface area (Å²) in [4.78, 5) is 23.6. The Labute approximate surface area is 204 Å². The maximum atomic E-state index is 11.8. The summed E-state index contributed by atoms with van der Waals surface area (Å²) in [5.74, 6) is -0.952. The van der Waals surface area contributed by atoms with E-state index in [0.29, 0.717) is 6.42 Å². The number of carbonyl (C=O) groups excluding carboxylic acids is 1. The summed E-state index contributed by atoms with van der Waals surface area (Å²) in [6, 6.07) is 0. The predicted molar refractivity (Wildman–Crippen MR) is 140 cm³/mol. The van der Waals surface area contributed by atoms with E-state index in [2.05, 4.69) is 31.0 Å². The highest BCUT2D eigenvalue weighted by Gasteiger charge is 2.03. The zero-order valence-corrected chi connectivity index (χ0v) is 22.4. The quantitative estimate of drug-likeness (QED) is 0.164. The number of amides is 1. The molecule has 0 aliphatic carbocycles. The summed E-state index contributed by atoms with van der Waals surface area (Å²) in [5, 5.41) is 18.8. The molecule has 0 aromatic rings. The van der Waals surface area contributed by atoms with Crippen molar-refractivity contribution in [3.8, 4) is 0 Å². The molecule has 0 saturated heterocycles. The summed E-state index contributed by atoms with van der Waals surface area (Å²) in [6.07, 6.45) is 20.0. The molecule has 6 heteroatoms. The van der Waals surface area contributed by atoms with E-state index in [1.54, 1.807) is 0 Å². The van der Waals surface area contributed by atoms with Crippen LogP contribution >= 0.6 is 0 Å². The van der Waals surface area contributed by atoms with Crippen LogP contribution < -0.4 is 5.32 Å². The zero-order valence-electron chi connectivity index (χ0n) is 22.4. The molecule has 0 bridgehead atoms. The highest BCUT2D eigenvalue weighted by atomic mass is 16.4. The number of unbranched alkanes of at least 4 members (excludes halogenated alkanes) is 14. The third-order valence-corrected chi connectivity index (χ3v) is 6.01. The summed E-state index contributed by atoms with van der Waals surface area (Å²) >= 11 is 0. The van der Waals surface area contributed by atoms with E-state index in [9.17, 15) is 9.59 Å². The fourth-order valence-corrected chi connectivity index (χ4v) is 3.64. The van der Waals surface area contributed by atoms with Crippen molar-refractivity contribution in [3.63, 3.8) is 0 Å². The first-order valence-electron chi connectivity index (χ1n) is 13.8. The molecule has 0 radical (unpaired) electrons. The number of nitrogens with one attached hydrogen (secondary N) is 1. The Hall–Kier alpha value is -1.14. The lowest BCUT2D eigenvalue weighted by molar-refractivity contribution is -0.145. The molecule has 0 heterocycles. The van der Waals surface area contributed by atoms with E-state index < -0.39 is 12.1 Å². The number of carboxylic acid groups (broad SMARTS) is 1. The van der Waals surface area contributed by atoms with Crippen molar-refractivity contribution in [2.24, 2.45) is 0 Å². The summed E-state index contributed by atoms with van der Waals surface area (Å²) < 4.78 is 0. The van der Waals surface area contributed by atoms with Crippen LogP contribution in [0.4, 0.5) is 0 Å². The number of aliphatic carboxylic acids is 1. The summed E-state index contributed by atoms with van der Waals surface area (Å²) in [7, 11) is 0. The zero-order chi connectivity index (χ0) is 25.2. The van der Waals surface area contributed by atoms with Gasteiger partial charge < -0.3 is 20.4 Å². The van der Waals surface area contributed by atoms with Crippen molar-refractivity contribution in [3.05, 3.63) is 0 Å². The van der Waals surface area contributed by atoms with Gasteiger partial charge >= 0.3 is 5.97 Å². The molecule has 0 aromatic heterocycles. The van der Waals surface area contributed by atoms with Gasteiger partial charge in [0.05, 0.1) is 0 Å². The molecule has 0 rings (SSSR count). The van der Waals surface area contributed by atoms with Gasteiger partial charge in [0.15, 0.2) is 0 Å². The molecule has 3 N–H and O–H groups in total. The highest BCUT2D eigenvalue weighted by molar-refractivity contribution is 5.75. The van der Waals surface area contributed by atoms with Crippen LogP contribution in [0.1, 0.15) is 130 Å². The maximum Gasteiger partial charge on any atom is 0.332 e. The average molecular weight is 473 g/mol. The van der Waals surface area contributed by atoms with E-state index in [4.69, 9.17) is 10.2 Å². The SMILES string of the molecule is CC(O)C(=O)O.CCCCCCCCCCCCCCCCCC(=O)NCCN(CC)CC. The number of carboxylic acids is 1. The van der Waals surface area contributed by atoms with Gasteiger partial charge in [-0.25, -0.2) is 4.79 Å². The van der Waals surface area contributed by atoms with Crippen LogP contribution in [0.3, 0.4) is 0 Å². The van der Waals surface area contributed by atoms with Crippen molar-refractivity contribution < 1.29 is 19.8 Å². The molecule has 0 fully saturated rings. The van der Waals surface area contributed by atoms with Crippen LogP contribution in [0.25, 0.3) is 0 Å². The predicted octanol–water partition coefficient (Wildman–Crippen LogP) is 6.16. The standard InChI is InChI=1S/C24H50N2O.C3H6O3/c1-4-7-8-9-10-11-12-13-14-15-16-17-18-19-20-21-24(27)25-22-23-26(5-2)6-3;1-2(4)3(5)6/h4-23H2,1-3H3,(H,25,27);2,4H,1H3,(H,5,6). The Kier molecular flexibility index (Phi) is 28.0. The van der Waals surface area contributed by atoms with Crippen LogP contribution in [-0.2, 0) is 9.59 Å². The average Bonchev–Trinajstić information content (AvgIpc) is 2.79. The number of carbonyl (C=O) groups is 2. The van der Waals surface area contributed by atoms with Gasteiger partial charge in [0.25, 0.3) is 0 Å². The summed E-state index contributed by atoms with van der Waals surface area (Å²) in [6.45, 7) is 11.7. The first-order valence-corrected chi connectivity index (χ1v) is 13.8. The van der Waals surface area contributed by atoms with Crippen LogP contribution in [0.5, 0.6) is 0 Å². The highest BCUT2D eigenvalue weighted by Crippen LogP contribution is 2.13. The number of aliphatic hydroxyl groups is 1. The third-order valence-electron chi connectivity index (χ3n) is 6.01. The molecule has 1 atom stereocenters. The van der Waals surface area contributed by atoms with E-state index in [1.165, 1.54) is 96.8 Å². The molecule has 6 nitrogen and oxygen atoms in total. The minimum Gasteiger partial charge on any atom is -0.479 e. The maximum absolute atomic E-state index is 11.8. The van der Waals surface area contributed by atoms with Gasteiger partial charge in [0.1, 0.15) is 6.10 Å². The number of hydrogen-bond acceptors (Lipinski definition) is 4. The topological polar surface area (TPSA) is 89.9 Å². The van der Waals surface area contributed by atoms with Crippen LogP contribution in [0.15, 0.2) is 0 Å². The first-order chi connectivity index (χ1) is 15.9. The van der Waals surface area contributed by atoms with Gasteiger partial charge in [0.2, 0.25) is 5.91 Å². The van der Waals surface area contributed by atoms with Gasteiger partial charge in [0, 0.05) is 19.5 Å². The minimum absolute atomic E-state index is 0.233. The fourth-order valence-electron chi connectivity index (χ4n) is 3.64. The Morgan fingerprint density at radius 3 is 1.42 bits per heavy atom. The van der Waals surface area contributed by atoms with Gasteiger partial charge in [-0.1, -0.05) is 111 Å². The molecule has 0 spiro atoms. The molecular formula is C27H56N2O4. The number of hydrogen-bond donors (Lipinski definition) is 3. The molecule has 1 unspecified atom stereocenters. The van der Waals surface area contributed by atoms with Crippen molar-refractivity contribution in [2.75, 3.05) is 26.2 Å². The number of rotatable bonds is 22. The van der Waals surface area contributed by atoms with Crippen molar-refractivity contribution in [1.29, 1.82) is 0 Å². The Balaban J connectivity index is 0. The van der Waals surface area contributed by atoms with E-state index in [0.717, 1.165) is 32.6 Å². The lowest BCUT2D eigenvalue weighted by Gasteiger charge is -2.17. The molecular weight excluding hydrogens is 416 g/mol. The molecule has 0 saturated carbocycles. The molecule has 0 aromatic carbocycles. The van der Waals surface area contributed by atoms with Crippen LogP contribution in [0.2, 0.25) is 0 Å². The van der Waals surface area contributed by atoms with E-state index in [-0.39, 0.29) is 5.91 Å². The number of nitrogens with zero attached hydrogens (tertiary/aromatic N) is 1. The molecule has 1 amide bonds. The van der Waals surface area contributed by atoms with Gasteiger partial charge in [-0.15, -0.1) is 0 Å². The molecule has 198 valence electrons. The van der Waals surface area contributed by atoms with Crippen LogP contribution in [0, 0.1) is 0 Å².